The highest BCUT2D eigenvalue weighted by atomic mass is 32.2. The molecule has 0 saturated carbocycles. The standard InChI is InChI=1S/C11H12N3O2S/c1-7-4-8(2)11(9(3)5-7)17(15,16)10-6-12-14-13-10/h4-5H,1-3H3,(H,12,13,14)/q-1. The van der Waals surface area contributed by atoms with Crippen LogP contribution in [0.5, 0.6) is 0 Å². The lowest BCUT2D eigenvalue weighted by atomic mass is 10.1. The second-order valence-corrected chi connectivity index (χ2v) is 5.81. The molecular formula is C11H12N3O2S-. The first kappa shape index (κ1) is 11.8. The zero-order chi connectivity index (χ0) is 12.6. The first-order valence-corrected chi connectivity index (χ1v) is 6.53. The van der Waals surface area contributed by atoms with Crippen molar-refractivity contribution < 1.29 is 8.42 Å². The summed E-state index contributed by atoms with van der Waals surface area (Å²) >= 11 is 0. The molecule has 0 spiro atoms. The molecule has 6 heteroatoms. The maximum absolute atomic E-state index is 12.3. The van der Waals surface area contributed by atoms with E-state index in [2.05, 4.69) is 21.6 Å². The van der Waals surface area contributed by atoms with Crippen molar-refractivity contribution in [2.45, 2.75) is 30.7 Å². The number of aromatic amines is 1. The molecule has 5 nitrogen and oxygen atoms in total. The molecule has 0 saturated heterocycles. The highest BCUT2D eigenvalue weighted by Gasteiger charge is 2.19. The van der Waals surface area contributed by atoms with Gasteiger partial charge in [-0.25, -0.2) is 8.42 Å². The van der Waals surface area contributed by atoms with E-state index in [9.17, 15) is 8.42 Å². The van der Waals surface area contributed by atoms with Crippen molar-refractivity contribution in [3.8, 4) is 0 Å². The zero-order valence-corrected chi connectivity index (χ0v) is 10.6. The summed E-state index contributed by atoms with van der Waals surface area (Å²) in [6, 6.07) is 3.67. The number of hydrogen-bond acceptors (Lipinski definition) is 4. The summed E-state index contributed by atoms with van der Waals surface area (Å²) in [4.78, 5) is 0.297. The van der Waals surface area contributed by atoms with Crippen LogP contribution < -0.4 is 0 Å². The zero-order valence-electron chi connectivity index (χ0n) is 9.77. The molecule has 90 valence electrons. The topological polar surface area (TPSA) is 75.7 Å². The molecule has 0 atom stereocenters. The van der Waals surface area contributed by atoms with Crippen LogP contribution in [0.2, 0.25) is 0 Å². The van der Waals surface area contributed by atoms with Gasteiger partial charge in [-0.05, 0) is 36.9 Å². The van der Waals surface area contributed by atoms with Gasteiger partial charge in [-0.1, -0.05) is 17.7 Å². The third-order valence-corrected chi connectivity index (χ3v) is 4.40. The molecule has 1 heterocycles. The molecule has 2 aromatic rings. The molecule has 0 fully saturated rings. The van der Waals surface area contributed by atoms with Crippen molar-refractivity contribution in [3.05, 3.63) is 35.0 Å². The van der Waals surface area contributed by atoms with Gasteiger partial charge in [0.1, 0.15) is 0 Å². The van der Waals surface area contributed by atoms with Crippen molar-refractivity contribution in [2.75, 3.05) is 0 Å². The van der Waals surface area contributed by atoms with Gasteiger partial charge in [-0.2, -0.15) is 0 Å². The summed E-state index contributed by atoms with van der Waals surface area (Å²) in [5.41, 5.74) is 2.46. The van der Waals surface area contributed by atoms with Crippen molar-refractivity contribution >= 4 is 9.84 Å². The van der Waals surface area contributed by atoms with Crippen LogP contribution in [-0.4, -0.2) is 23.8 Å². The number of aryl methyl sites for hydroxylation is 3. The molecule has 1 aromatic heterocycles. The number of aromatic nitrogens is 3. The summed E-state index contributed by atoms with van der Waals surface area (Å²) in [5, 5.41) is 9.00. The molecule has 0 bridgehead atoms. The van der Waals surface area contributed by atoms with E-state index in [1.165, 1.54) is 0 Å². The van der Waals surface area contributed by atoms with Gasteiger partial charge in [0.05, 0.1) is 4.90 Å². The Morgan fingerprint density at radius 1 is 1.18 bits per heavy atom. The van der Waals surface area contributed by atoms with Crippen LogP contribution in [0.15, 0.2) is 22.1 Å². The van der Waals surface area contributed by atoms with E-state index in [1.807, 2.05) is 19.1 Å². The van der Waals surface area contributed by atoms with Crippen molar-refractivity contribution in [2.24, 2.45) is 0 Å². The smallest absolute Gasteiger partial charge is 0.191 e. The number of rotatable bonds is 2. The fraction of sp³-hybridized carbons (Fsp3) is 0.273. The van der Waals surface area contributed by atoms with Crippen LogP contribution in [0.1, 0.15) is 16.7 Å². The fourth-order valence-electron chi connectivity index (χ4n) is 1.98. The molecule has 0 amide bonds. The van der Waals surface area contributed by atoms with Crippen LogP contribution in [0.4, 0.5) is 0 Å². The minimum absolute atomic E-state index is 0.104. The minimum Gasteiger partial charge on any atom is -0.351 e. The predicted molar refractivity (Wildman–Crippen MR) is 61.3 cm³/mol. The quantitative estimate of drug-likeness (QED) is 0.817. The Balaban J connectivity index is 2.71. The molecule has 17 heavy (non-hydrogen) atoms. The Morgan fingerprint density at radius 2 is 1.76 bits per heavy atom. The van der Waals surface area contributed by atoms with Crippen LogP contribution >= 0.6 is 0 Å². The number of H-pyrrole nitrogens is 1. The van der Waals surface area contributed by atoms with Gasteiger partial charge in [0.25, 0.3) is 0 Å². The highest BCUT2D eigenvalue weighted by molar-refractivity contribution is 7.91. The molecule has 1 aromatic carbocycles. The Morgan fingerprint density at radius 3 is 2.24 bits per heavy atom. The Bertz CT molecular complexity index is 622. The highest BCUT2D eigenvalue weighted by Crippen LogP contribution is 2.26. The van der Waals surface area contributed by atoms with E-state index in [4.69, 9.17) is 0 Å². The molecule has 0 unspecified atom stereocenters. The Kier molecular flexibility index (Phi) is 2.74. The normalized spacial score (nSPS) is 11.7. The SMILES string of the molecule is Cc1cc(C)c(S(=O)(=O)c2[c-]nn[nH]2)c(C)c1. The number of hydrogen-bond donors (Lipinski definition) is 1. The lowest BCUT2D eigenvalue weighted by Gasteiger charge is -2.13. The van der Waals surface area contributed by atoms with Gasteiger partial charge >= 0.3 is 0 Å². The molecule has 0 aliphatic carbocycles. The maximum Gasteiger partial charge on any atom is 0.191 e. The fourth-order valence-corrected chi connectivity index (χ4v) is 3.47. The van der Waals surface area contributed by atoms with E-state index >= 15 is 0 Å². The van der Waals surface area contributed by atoms with Crippen molar-refractivity contribution in [1.29, 1.82) is 0 Å². The van der Waals surface area contributed by atoms with Crippen LogP contribution in [0.25, 0.3) is 0 Å². The second kappa shape index (κ2) is 3.96. The average molecular weight is 250 g/mol. The van der Waals surface area contributed by atoms with Crippen molar-refractivity contribution in [1.82, 2.24) is 15.4 Å². The largest absolute Gasteiger partial charge is 0.351 e. The summed E-state index contributed by atoms with van der Waals surface area (Å²) < 4.78 is 24.6. The summed E-state index contributed by atoms with van der Waals surface area (Å²) in [7, 11) is -3.61. The summed E-state index contributed by atoms with van der Waals surface area (Å²) in [6.45, 7) is 5.48. The van der Waals surface area contributed by atoms with Crippen LogP contribution in [0, 0.1) is 27.0 Å². The van der Waals surface area contributed by atoms with Gasteiger partial charge in [0.2, 0.25) is 0 Å². The van der Waals surface area contributed by atoms with E-state index in [0.29, 0.717) is 16.0 Å². The van der Waals surface area contributed by atoms with E-state index in [0.717, 1.165) is 5.56 Å². The van der Waals surface area contributed by atoms with Crippen molar-refractivity contribution in [3.63, 3.8) is 0 Å². The third-order valence-electron chi connectivity index (χ3n) is 2.50. The number of sulfone groups is 1. The monoisotopic (exact) mass is 250 g/mol. The molecular weight excluding hydrogens is 238 g/mol. The molecule has 0 radical (unpaired) electrons. The lowest BCUT2D eigenvalue weighted by Crippen LogP contribution is -2.07. The number of benzene rings is 1. The molecule has 1 N–H and O–H groups in total. The predicted octanol–water partition coefficient (Wildman–Crippen LogP) is 1.36. The Labute approximate surface area is 99.8 Å². The minimum atomic E-state index is -3.61. The molecule has 0 aliphatic rings. The van der Waals surface area contributed by atoms with Crippen LogP contribution in [-0.2, 0) is 9.84 Å². The van der Waals surface area contributed by atoms with E-state index < -0.39 is 9.84 Å². The van der Waals surface area contributed by atoms with Crippen LogP contribution in [0.3, 0.4) is 0 Å². The molecule has 0 aliphatic heterocycles. The van der Waals surface area contributed by atoms with Gasteiger partial charge in [0.15, 0.2) is 9.84 Å². The van der Waals surface area contributed by atoms with E-state index in [1.54, 1.807) is 13.8 Å². The number of nitrogens with one attached hydrogen (secondary N) is 1. The molecule has 2 rings (SSSR count). The number of nitrogens with zero attached hydrogens (tertiary/aromatic N) is 2. The van der Waals surface area contributed by atoms with Gasteiger partial charge in [0, 0.05) is 0 Å². The van der Waals surface area contributed by atoms with Gasteiger partial charge in [-0.3, -0.25) is 5.10 Å². The summed E-state index contributed by atoms with van der Waals surface area (Å²) in [6.07, 6.45) is 2.34. The lowest BCUT2D eigenvalue weighted by molar-refractivity contribution is 0.590. The van der Waals surface area contributed by atoms with Gasteiger partial charge in [-0.15, -0.1) is 5.21 Å². The van der Waals surface area contributed by atoms with Gasteiger partial charge < -0.3 is 11.3 Å². The summed E-state index contributed by atoms with van der Waals surface area (Å²) in [5.74, 6) is 0. The maximum atomic E-state index is 12.3. The first-order chi connectivity index (χ1) is 7.93. The average Bonchev–Trinajstić information content (AvgIpc) is 2.67. The third kappa shape index (κ3) is 1.95. The van der Waals surface area contributed by atoms with E-state index in [-0.39, 0.29) is 5.03 Å². The first-order valence-electron chi connectivity index (χ1n) is 5.04. The second-order valence-electron chi connectivity index (χ2n) is 3.98. The Hall–Kier alpha value is -1.69.